The molecule has 0 amide bonds. The Morgan fingerprint density at radius 3 is 2.38 bits per heavy atom. The van der Waals surface area contributed by atoms with Crippen molar-refractivity contribution >= 4 is 11.5 Å². The van der Waals surface area contributed by atoms with Gasteiger partial charge in [0.2, 0.25) is 0 Å². The Morgan fingerprint density at radius 1 is 1.31 bits per heavy atom. The van der Waals surface area contributed by atoms with E-state index in [1.807, 2.05) is 6.92 Å². The molecule has 1 atom stereocenters. The quantitative estimate of drug-likeness (QED) is 0.564. The van der Waals surface area contributed by atoms with Crippen molar-refractivity contribution in [1.82, 2.24) is 0 Å². The number of benzene rings is 1. The van der Waals surface area contributed by atoms with E-state index in [1.165, 1.54) is 12.1 Å². The summed E-state index contributed by atoms with van der Waals surface area (Å²) in [7, 11) is 0. The van der Waals surface area contributed by atoms with Crippen molar-refractivity contribution in [2.24, 2.45) is 15.2 Å². The maximum absolute atomic E-state index is 10.5. The maximum Gasteiger partial charge on any atom is 0.269 e. The van der Waals surface area contributed by atoms with Crippen LogP contribution in [-0.2, 0) is 5.66 Å². The number of aliphatic imine (C=N–C) groups is 1. The van der Waals surface area contributed by atoms with E-state index in [9.17, 15) is 10.1 Å². The Kier molecular flexibility index (Phi) is 2.26. The number of hydrogen-bond donors (Lipinski definition) is 0. The smallest absolute Gasteiger partial charge is 0.258 e. The van der Waals surface area contributed by atoms with Crippen LogP contribution in [0, 0.1) is 10.1 Å². The van der Waals surface area contributed by atoms with Gasteiger partial charge in [0.15, 0.2) is 5.66 Å². The van der Waals surface area contributed by atoms with E-state index in [-0.39, 0.29) is 5.69 Å². The molecule has 0 N–H and O–H groups in total. The van der Waals surface area contributed by atoms with Crippen LogP contribution in [-0.4, -0.2) is 10.8 Å². The van der Waals surface area contributed by atoms with Gasteiger partial charge in [-0.3, -0.25) is 10.1 Å². The van der Waals surface area contributed by atoms with E-state index in [2.05, 4.69) is 15.2 Å². The first-order valence-corrected chi connectivity index (χ1v) is 4.75. The number of rotatable bonds is 2. The van der Waals surface area contributed by atoms with Crippen molar-refractivity contribution in [2.45, 2.75) is 19.5 Å². The predicted molar refractivity (Wildman–Crippen MR) is 58.4 cm³/mol. The second-order valence-electron chi connectivity index (χ2n) is 3.68. The van der Waals surface area contributed by atoms with Crippen molar-refractivity contribution in [2.75, 3.05) is 0 Å². The van der Waals surface area contributed by atoms with Crippen molar-refractivity contribution in [1.29, 1.82) is 0 Å². The molecule has 0 radical (unpaired) electrons. The predicted octanol–water partition coefficient (Wildman–Crippen LogP) is 2.65. The van der Waals surface area contributed by atoms with Crippen LogP contribution in [0.1, 0.15) is 19.4 Å². The number of non-ortho nitro benzene ring substituents is 1. The molecule has 0 spiro atoms. The summed E-state index contributed by atoms with van der Waals surface area (Å²) in [6.07, 6.45) is 0. The van der Waals surface area contributed by atoms with E-state index in [0.717, 1.165) is 5.56 Å². The lowest BCUT2D eigenvalue weighted by atomic mass is 10.0. The van der Waals surface area contributed by atoms with Gasteiger partial charge in [-0.15, -0.1) is 5.11 Å². The van der Waals surface area contributed by atoms with Gasteiger partial charge >= 0.3 is 0 Å². The summed E-state index contributed by atoms with van der Waals surface area (Å²) in [4.78, 5) is 14.3. The first-order chi connectivity index (χ1) is 7.51. The Balaban J connectivity index is 2.36. The van der Waals surface area contributed by atoms with Gasteiger partial charge in [0.1, 0.15) is 5.84 Å². The second kappa shape index (κ2) is 3.48. The molecule has 1 aromatic carbocycles. The highest BCUT2D eigenvalue weighted by Gasteiger charge is 2.29. The van der Waals surface area contributed by atoms with Crippen molar-refractivity contribution in [3.05, 3.63) is 39.9 Å². The number of amidine groups is 1. The average Bonchev–Trinajstić information content (AvgIpc) is 2.60. The minimum atomic E-state index is -0.737. The van der Waals surface area contributed by atoms with Crippen LogP contribution >= 0.6 is 0 Å². The zero-order valence-corrected chi connectivity index (χ0v) is 8.91. The lowest BCUT2D eigenvalue weighted by molar-refractivity contribution is -0.384. The van der Waals surface area contributed by atoms with Gasteiger partial charge in [-0.1, -0.05) is 0 Å². The van der Waals surface area contributed by atoms with E-state index < -0.39 is 10.6 Å². The molecule has 1 heterocycles. The second-order valence-corrected chi connectivity index (χ2v) is 3.68. The molecule has 2 rings (SSSR count). The highest BCUT2D eigenvalue weighted by molar-refractivity contribution is 5.81. The van der Waals surface area contributed by atoms with Crippen molar-refractivity contribution in [3.63, 3.8) is 0 Å². The monoisotopic (exact) mass is 218 g/mol. The summed E-state index contributed by atoms with van der Waals surface area (Å²) in [5.74, 6) is 0.612. The zero-order chi connectivity index (χ0) is 11.8. The van der Waals surface area contributed by atoms with Gasteiger partial charge in [0.25, 0.3) is 5.69 Å². The standard InChI is InChI=1S/C10H10N4O2/c1-7-11-10(2,13-12-7)8-3-5-9(6-4-8)14(15)16/h3-6H,1-2H3. The Bertz CT molecular complexity index is 492. The lowest BCUT2D eigenvalue weighted by Gasteiger charge is -2.15. The van der Waals surface area contributed by atoms with Gasteiger partial charge in [0, 0.05) is 17.7 Å². The number of hydrogen-bond acceptors (Lipinski definition) is 5. The molecule has 82 valence electrons. The summed E-state index contributed by atoms with van der Waals surface area (Å²) in [5.41, 5.74) is 0.112. The molecule has 1 aliphatic heterocycles. The first-order valence-electron chi connectivity index (χ1n) is 4.75. The molecule has 6 heteroatoms. The lowest BCUT2D eigenvalue weighted by Crippen LogP contribution is -2.13. The van der Waals surface area contributed by atoms with E-state index >= 15 is 0 Å². The summed E-state index contributed by atoms with van der Waals surface area (Å²) < 4.78 is 0. The van der Waals surface area contributed by atoms with Crippen LogP contribution in [0.4, 0.5) is 5.69 Å². The molecule has 0 aliphatic carbocycles. The van der Waals surface area contributed by atoms with Crippen LogP contribution in [0.3, 0.4) is 0 Å². The van der Waals surface area contributed by atoms with Gasteiger partial charge in [0.05, 0.1) is 4.92 Å². The summed E-state index contributed by atoms with van der Waals surface area (Å²) in [5, 5.41) is 18.4. The third-order valence-electron chi connectivity index (χ3n) is 2.39. The van der Waals surface area contributed by atoms with Crippen LogP contribution < -0.4 is 0 Å². The minimum Gasteiger partial charge on any atom is -0.258 e. The van der Waals surface area contributed by atoms with E-state index in [1.54, 1.807) is 19.1 Å². The van der Waals surface area contributed by atoms with Crippen LogP contribution in [0.5, 0.6) is 0 Å². The van der Waals surface area contributed by atoms with Gasteiger partial charge in [-0.2, -0.15) is 5.11 Å². The number of nitrogens with zero attached hydrogens (tertiary/aromatic N) is 4. The Morgan fingerprint density at radius 2 is 1.94 bits per heavy atom. The number of nitro groups is 1. The molecular weight excluding hydrogens is 208 g/mol. The molecule has 1 aliphatic rings. The molecule has 1 unspecified atom stereocenters. The highest BCUT2D eigenvalue weighted by Crippen LogP contribution is 2.32. The largest absolute Gasteiger partial charge is 0.269 e. The number of nitro benzene ring substituents is 1. The SMILES string of the molecule is CC1=NC(C)(c2ccc([N+](=O)[O-])cc2)N=N1. The molecule has 0 saturated heterocycles. The topological polar surface area (TPSA) is 80.2 Å². The van der Waals surface area contributed by atoms with Gasteiger partial charge in [-0.25, -0.2) is 4.99 Å². The Hall–Kier alpha value is -2.11. The fourth-order valence-electron chi connectivity index (χ4n) is 1.55. The molecule has 0 aromatic heterocycles. The minimum absolute atomic E-state index is 0.0583. The fourth-order valence-corrected chi connectivity index (χ4v) is 1.55. The van der Waals surface area contributed by atoms with E-state index in [4.69, 9.17) is 0 Å². The number of azo groups is 1. The van der Waals surface area contributed by atoms with Crippen LogP contribution in [0.25, 0.3) is 0 Å². The third-order valence-corrected chi connectivity index (χ3v) is 2.39. The van der Waals surface area contributed by atoms with Crippen LogP contribution in [0.2, 0.25) is 0 Å². The van der Waals surface area contributed by atoms with Gasteiger partial charge in [-0.05, 0) is 26.0 Å². The van der Waals surface area contributed by atoms with Gasteiger partial charge < -0.3 is 0 Å². The third kappa shape index (κ3) is 1.69. The molecular formula is C10H10N4O2. The molecule has 16 heavy (non-hydrogen) atoms. The molecule has 0 bridgehead atoms. The van der Waals surface area contributed by atoms with Crippen molar-refractivity contribution < 1.29 is 4.92 Å². The molecule has 0 saturated carbocycles. The van der Waals surface area contributed by atoms with Crippen molar-refractivity contribution in [3.8, 4) is 0 Å². The summed E-state index contributed by atoms with van der Waals surface area (Å²) in [6, 6.07) is 6.19. The molecule has 0 fully saturated rings. The summed E-state index contributed by atoms with van der Waals surface area (Å²) >= 11 is 0. The average molecular weight is 218 g/mol. The maximum atomic E-state index is 10.5. The molecule has 1 aromatic rings. The Labute approximate surface area is 91.9 Å². The van der Waals surface area contributed by atoms with Crippen LogP contribution in [0.15, 0.2) is 39.5 Å². The fraction of sp³-hybridized carbons (Fsp3) is 0.300. The zero-order valence-electron chi connectivity index (χ0n) is 8.91. The molecule has 6 nitrogen and oxygen atoms in total. The normalized spacial score (nSPS) is 23.2. The highest BCUT2D eigenvalue weighted by atomic mass is 16.6. The summed E-state index contributed by atoms with van der Waals surface area (Å²) in [6.45, 7) is 3.58. The van der Waals surface area contributed by atoms with E-state index in [0.29, 0.717) is 5.84 Å². The first kappa shape index (κ1) is 10.4.